The van der Waals surface area contributed by atoms with Gasteiger partial charge in [0.2, 0.25) is 10.0 Å². The van der Waals surface area contributed by atoms with E-state index in [0.29, 0.717) is 13.1 Å². The lowest BCUT2D eigenvalue weighted by Crippen LogP contribution is -2.45. The third kappa shape index (κ3) is 5.20. The van der Waals surface area contributed by atoms with Crippen LogP contribution in [0.4, 0.5) is 0 Å². The SMILES string of the molecule is Cc1ccc(CNS(=O)(=O)CCN2CCNCC2)cc1. The van der Waals surface area contributed by atoms with Crippen LogP contribution in [0, 0.1) is 6.92 Å². The second-order valence-corrected chi connectivity index (χ2v) is 7.14. The minimum atomic E-state index is -3.20. The molecular formula is C14H23N3O2S. The van der Waals surface area contributed by atoms with Crippen LogP contribution in [0.25, 0.3) is 0 Å². The summed E-state index contributed by atoms with van der Waals surface area (Å²) in [6.07, 6.45) is 0. The number of rotatable bonds is 6. The first-order chi connectivity index (χ1) is 9.55. The van der Waals surface area contributed by atoms with Gasteiger partial charge >= 0.3 is 0 Å². The van der Waals surface area contributed by atoms with Gasteiger partial charge in [-0.1, -0.05) is 29.8 Å². The van der Waals surface area contributed by atoms with Crippen LogP contribution in [0.1, 0.15) is 11.1 Å². The average Bonchev–Trinajstić information content (AvgIpc) is 2.46. The number of sulfonamides is 1. The van der Waals surface area contributed by atoms with Gasteiger partial charge in [-0.15, -0.1) is 0 Å². The standard InChI is InChI=1S/C14H23N3O2S/c1-13-2-4-14(5-3-13)12-16-20(18,19)11-10-17-8-6-15-7-9-17/h2-5,15-16H,6-12H2,1H3. The molecule has 5 nitrogen and oxygen atoms in total. The lowest BCUT2D eigenvalue weighted by atomic mass is 10.2. The van der Waals surface area contributed by atoms with E-state index in [-0.39, 0.29) is 5.75 Å². The van der Waals surface area contributed by atoms with E-state index in [0.717, 1.165) is 31.7 Å². The Balaban J connectivity index is 1.76. The van der Waals surface area contributed by atoms with Crippen molar-refractivity contribution in [2.75, 3.05) is 38.5 Å². The summed E-state index contributed by atoms with van der Waals surface area (Å²) in [7, 11) is -3.20. The Kier molecular flexibility index (Phi) is 5.54. The predicted molar refractivity (Wildman–Crippen MR) is 81.1 cm³/mol. The maximum atomic E-state index is 12.0. The molecule has 0 unspecified atom stereocenters. The lowest BCUT2D eigenvalue weighted by molar-refractivity contribution is 0.253. The molecule has 1 aromatic carbocycles. The van der Waals surface area contributed by atoms with E-state index in [1.807, 2.05) is 31.2 Å². The Bertz CT molecular complexity index is 508. The van der Waals surface area contributed by atoms with Crippen LogP contribution in [0.5, 0.6) is 0 Å². The highest BCUT2D eigenvalue weighted by atomic mass is 32.2. The van der Waals surface area contributed by atoms with Gasteiger partial charge in [0.25, 0.3) is 0 Å². The Morgan fingerprint density at radius 3 is 2.50 bits per heavy atom. The van der Waals surface area contributed by atoms with Crippen LogP contribution in [0.3, 0.4) is 0 Å². The molecule has 1 aromatic rings. The smallest absolute Gasteiger partial charge is 0.213 e. The van der Waals surface area contributed by atoms with Gasteiger partial charge in [0.05, 0.1) is 5.75 Å². The third-order valence-corrected chi connectivity index (χ3v) is 4.81. The van der Waals surface area contributed by atoms with Gasteiger partial charge in [0, 0.05) is 39.3 Å². The topological polar surface area (TPSA) is 61.4 Å². The Morgan fingerprint density at radius 2 is 1.85 bits per heavy atom. The zero-order valence-electron chi connectivity index (χ0n) is 11.9. The fourth-order valence-electron chi connectivity index (χ4n) is 2.16. The molecule has 0 aliphatic carbocycles. The first kappa shape index (κ1) is 15.4. The molecular weight excluding hydrogens is 274 g/mol. The minimum Gasteiger partial charge on any atom is -0.314 e. The molecule has 0 amide bonds. The van der Waals surface area contributed by atoms with Gasteiger partial charge in [-0.3, -0.25) is 4.90 Å². The van der Waals surface area contributed by atoms with E-state index >= 15 is 0 Å². The summed E-state index contributed by atoms with van der Waals surface area (Å²) in [5.41, 5.74) is 2.16. The first-order valence-corrected chi connectivity index (χ1v) is 8.66. The monoisotopic (exact) mass is 297 g/mol. The second kappa shape index (κ2) is 7.17. The van der Waals surface area contributed by atoms with E-state index < -0.39 is 10.0 Å². The summed E-state index contributed by atoms with van der Waals surface area (Å²) in [5, 5.41) is 3.26. The van der Waals surface area contributed by atoms with E-state index in [1.54, 1.807) is 0 Å². The van der Waals surface area contributed by atoms with Crippen molar-refractivity contribution in [3.8, 4) is 0 Å². The number of hydrogen-bond acceptors (Lipinski definition) is 4. The molecule has 1 heterocycles. The molecule has 0 spiro atoms. The van der Waals surface area contributed by atoms with Crippen molar-refractivity contribution in [2.45, 2.75) is 13.5 Å². The van der Waals surface area contributed by atoms with Crippen LogP contribution in [-0.4, -0.2) is 51.8 Å². The lowest BCUT2D eigenvalue weighted by Gasteiger charge is -2.26. The number of hydrogen-bond donors (Lipinski definition) is 2. The maximum absolute atomic E-state index is 12.0. The first-order valence-electron chi connectivity index (χ1n) is 7.01. The molecule has 2 rings (SSSR count). The molecule has 0 saturated carbocycles. The van der Waals surface area contributed by atoms with Gasteiger partial charge in [-0.25, -0.2) is 13.1 Å². The Morgan fingerprint density at radius 1 is 1.20 bits per heavy atom. The van der Waals surface area contributed by atoms with Crippen molar-refractivity contribution >= 4 is 10.0 Å². The number of nitrogens with zero attached hydrogens (tertiary/aromatic N) is 1. The van der Waals surface area contributed by atoms with Gasteiger partial charge in [-0.05, 0) is 12.5 Å². The van der Waals surface area contributed by atoms with Crippen LogP contribution < -0.4 is 10.0 Å². The zero-order chi connectivity index (χ0) is 14.4. The minimum absolute atomic E-state index is 0.166. The molecule has 112 valence electrons. The number of piperazine rings is 1. The molecule has 1 saturated heterocycles. The summed E-state index contributed by atoms with van der Waals surface area (Å²) in [6.45, 7) is 6.71. The Hall–Kier alpha value is -0.950. The highest BCUT2D eigenvalue weighted by Crippen LogP contribution is 2.03. The Labute approximate surface area is 121 Å². The quantitative estimate of drug-likeness (QED) is 0.794. The van der Waals surface area contributed by atoms with Crippen molar-refractivity contribution in [1.29, 1.82) is 0 Å². The molecule has 0 aromatic heterocycles. The molecule has 1 fully saturated rings. The van der Waals surface area contributed by atoms with Gasteiger partial charge < -0.3 is 5.32 Å². The molecule has 20 heavy (non-hydrogen) atoms. The van der Waals surface area contributed by atoms with Gasteiger partial charge in [0.15, 0.2) is 0 Å². The fourth-order valence-corrected chi connectivity index (χ4v) is 3.18. The largest absolute Gasteiger partial charge is 0.314 e. The summed E-state index contributed by atoms with van der Waals surface area (Å²) in [4.78, 5) is 2.18. The summed E-state index contributed by atoms with van der Waals surface area (Å²) < 4.78 is 26.6. The van der Waals surface area contributed by atoms with E-state index in [9.17, 15) is 8.42 Å². The summed E-state index contributed by atoms with van der Waals surface area (Å²) in [5.74, 6) is 0.166. The van der Waals surface area contributed by atoms with Crippen molar-refractivity contribution in [2.24, 2.45) is 0 Å². The molecule has 0 bridgehead atoms. The molecule has 0 radical (unpaired) electrons. The maximum Gasteiger partial charge on any atom is 0.213 e. The van der Waals surface area contributed by atoms with Crippen LogP contribution in [0.15, 0.2) is 24.3 Å². The van der Waals surface area contributed by atoms with Crippen molar-refractivity contribution in [1.82, 2.24) is 14.9 Å². The molecule has 0 atom stereocenters. The zero-order valence-corrected chi connectivity index (χ0v) is 12.7. The third-order valence-electron chi connectivity index (χ3n) is 3.50. The number of benzene rings is 1. The fraction of sp³-hybridized carbons (Fsp3) is 0.571. The highest BCUT2D eigenvalue weighted by molar-refractivity contribution is 7.89. The van der Waals surface area contributed by atoms with Crippen LogP contribution in [0.2, 0.25) is 0 Å². The van der Waals surface area contributed by atoms with E-state index in [2.05, 4.69) is 14.9 Å². The second-order valence-electron chi connectivity index (χ2n) is 5.22. The average molecular weight is 297 g/mol. The van der Waals surface area contributed by atoms with Crippen LogP contribution in [-0.2, 0) is 16.6 Å². The van der Waals surface area contributed by atoms with Crippen molar-refractivity contribution < 1.29 is 8.42 Å². The normalized spacial score (nSPS) is 17.2. The molecule has 6 heteroatoms. The number of nitrogens with one attached hydrogen (secondary N) is 2. The van der Waals surface area contributed by atoms with Crippen molar-refractivity contribution in [3.63, 3.8) is 0 Å². The molecule has 1 aliphatic heterocycles. The number of aryl methyl sites for hydroxylation is 1. The van der Waals surface area contributed by atoms with Crippen molar-refractivity contribution in [3.05, 3.63) is 35.4 Å². The van der Waals surface area contributed by atoms with Gasteiger partial charge in [-0.2, -0.15) is 0 Å². The summed E-state index contributed by atoms with van der Waals surface area (Å²) in [6, 6.07) is 7.89. The molecule has 1 aliphatic rings. The predicted octanol–water partition coefficient (Wildman–Crippen LogP) is 0.320. The van der Waals surface area contributed by atoms with E-state index in [4.69, 9.17) is 0 Å². The van der Waals surface area contributed by atoms with E-state index in [1.165, 1.54) is 5.56 Å². The van der Waals surface area contributed by atoms with Gasteiger partial charge in [0.1, 0.15) is 0 Å². The van der Waals surface area contributed by atoms with Crippen LogP contribution >= 0.6 is 0 Å². The highest BCUT2D eigenvalue weighted by Gasteiger charge is 2.15. The molecule has 2 N–H and O–H groups in total. The summed E-state index contributed by atoms with van der Waals surface area (Å²) >= 11 is 0.